The summed E-state index contributed by atoms with van der Waals surface area (Å²) in [4.78, 5) is 35.7. The molecule has 10 heteroatoms. The Morgan fingerprint density at radius 3 is 2.50 bits per heavy atom. The molecule has 144 valence electrons. The minimum Gasteiger partial charge on any atom is -0.480 e. The highest BCUT2D eigenvalue weighted by Gasteiger charge is 2.30. The predicted molar refractivity (Wildman–Crippen MR) is 89.7 cm³/mol. The summed E-state index contributed by atoms with van der Waals surface area (Å²) >= 11 is 0.885. The maximum absolute atomic E-state index is 12.7. The summed E-state index contributed by atoms with van der Waals surface area (Å²) in [6.45, 7) is 2.67. The van der Waals surface area contributed by atoms with Crippen LogP contribution in [0.3, 0.4) is 0 Å². The first-order valence-corrected chi connectivity index (χ1v) is 8.57. The van der Waals surface area contributed by atoms with Crippen LogP contribution in [0, 0.1) is 0 Å². The van der Waals surface area contributed by atoms with Gasteiger partial charge in [0.2, 0.25) is 11.8 Å². The SMILES string of the molecule is CC(=O)NCCN(C(=O)CSc1cccc(C(F)(F)F)c1)C(C)C(=O)O. The molecule has 0 aliphatic heterocycles. The number of carboxylic acids is 1. The molecule has 26 heavy (non-hydrogen) atoms. The average Bonchev–Trinajstić information content (AvgIpc) is 2.55. The molecule has 0 aliphatic carbocycles. The van der Waals surface area contributed by atoms with Crippen molar-refractivity contribution in [2.24, 2.45) is 0 Å². The zero-order chi connectivity index (χ0) is 19.9. The number of nitrogens with one attached hydrogen (secondary N) is 1. The van der Waals surface area contributed by atoms with Crippen LogP contribution in [0.1, 0.15) is 19.4 Å². The van der Waals surface area contributed by atoms with Gasteiger partial charge in [-0.25, -0.2) is 4.79 Å². The number of carbonyl (C=O) groups is 3. The monoisotopic (exact) mass is 392 g/mol. The second kappa shape index (κ2) is 9.46. The summed E-state index contributed by atoms with van der Waals surface area (Å²) in [5.74, 6) is -2.31. The van der Waals surface area contributed by atoms with Gasteiger partial charge in [-0.1, -0.05) is 6.07 Å². The predicted octanol–water partition coefficient (Wildman–Crippen LogP) is 2.24. The van der Waals surface area contributed by atoms with Gasteiger partial charge in [0.05, 0.1) is 11.3 Å². The van der Waals surface area contributed by atoms with Crippen LogP contribution < -0.4 is 5.32 Å². The van der Waals surface area contributed by atoms with E-state index in [0.717, 1.165) is 28.8 Å². The minimum atomic E-state index is -4.48. The molecule has 0 saturated heterocycles. The molecule has 0 aliphatic rings. The first kappa shape index (κ1) is 21.8. The fourth-order valence-corrected chi connectivity index (χ4v) is 2.85. The van der Waals surface area contributed by atoms with Crippen molar-refractivity contribution in [2.45, 2.75) is 31.0 Å². The normalized spacial score (nSPS) is 12.3. The quantitative estimate of drug-likeness (QED) is 0.663. The van der Waals surface area contributed by atoms with E-state index in [4.69, 9.17) is 5.11 Å². The molecule has 6 nitrogen and oxygen atoms in total. The van der Waals surface area contributed by atoms with Crippen molar-refractivity contribution in [2.75, 3.05) is 18.8 Å². The van der Waals surface area contributed by atoms with E-state index in [0.29, 0.717) is 0 Å². The highest BCUT2D eigenvalue weighted by atomic mass is 32.2. The molecule has 0 heterocycles. The molecule has 0 spiro atoms. The maximum Gasteiger partial charge on any atom is 0.416 e. The van der Waals surface area contributed by atoms with Crippen molar-refractivity contribution in [1.29, 1.82) is 0 Å². The lowest BCUT2D eigenvalue weighted by atomic mass is 10.2. The lowest BCUT2D eigenvalue weighted by molar-refractivity contribution is -0.148. The number of hydrogen-bond acceptors (Lipinski definition) is 4. The van der Waals surface area contributed by atoms with E-state index in [1.54, 1.807) is 0 Å². The second-order valence-electron chi connectivity index (χ2n) is 5.40. The minimum absolute atomic E-state index is 0.0188. The van der Waals surface area contributed by atoms with Gasteiger partial charge in [0, 0.05) is 24.9 Å². The Balaban J connectivity index is 2.76. The number of aliphatic carboxylic acids is 1. The van der Waals surface area contributed by atoms with E-state index in [2.05, 4.69) is 5.32 Å². The molecule has 1 rings (SSSR count). The molecular weight excluding hydrogens is 373 g/mol. The third-order valence-electron chi connectivity index (χ3n) is 3.40. The Hall–Kier alpha value is -2.23. The van der Waals surface area contributed by atoms with E-state index in [1.807, 2.05) is 0 Å². The number of carbonyl (C=O) groups excluding carboxylic acids is 2. The first-order valence-electron chi connectivity index (χ1n) is 7.59. The Kier molecular flexibility index (Phi) is 7.94. The van der Waals surface area contributed by atoms with Gasteiger partial charge in [0.1, 0.15) is 6.04 Å². The Morgan fingerprint density at radius 2 is 1.96 bits per heavy atom. The third-order valence-corrected chi connectivity index (χ3v) is 4.37. The molecule has 2 N–H and O–H groups in total. The zero-order valence-corrected chi connectivity index (χ0v) is 15.0. The fraction of sp³-hybridized carbons (Fsp3) is 0.438. The standard InChI is InChI=1S/C16H19F3N2O4S/c1-10(15(24)25)21(7-6-20-11(2)22)14(23)9-26-13-5-3-4-12(8-13)16(17,18)19/h3-5,8,10H,6-7,9H2,1-2H3,(H,20,22)(H,24,25). The zero-order valence-electron chi connectivity index (χ0n) is 14.2. The third kappa shape index (κ3) is 6.95. The number of benzene rings is 1. The molecule has 0 radical (unpaired) electrons. The van der Waals surface area contributed by atoms with Gasteiger partial charge in [-0.15, -0.1) is 11.8 Å². The van der Waals surface area contributed by atoms with Gasteiger partial charge in [0.15, 0.2) is 0 Å². The molecule has 1 aromatic rings. The van der Waals surface area contributed by atoms with Crippen molar-refractivity contribution < 1.29 is 32.7 Å². The lowest BCUT2D eigenvalue weighted by Crippen LogP contribution is -2.47. The molecule has 1 unspecified atom stereocenters. The summed E-state index contributed by atoms with van der Waals surface area (Å²) in [7, 11) is 0. The van der Waals surface area contributed by atoms with E-state index < -0.39 is 29.7 Å². The average molecular weight is 392 g/mol. The Labute approximate surface area is 152 Å². The topological polar surface area (TPSA) is 86.7 Å². The number of halogens is 3. The first-order chi connectivity index (χ1) is 12.0. The van der Waals surface area contributed by atoms with Crippen LogP contribution >= 0.6 is 11.8 Å². The summed E-state index contributed by atoms with van der Waals surface area (Å²) < 4.78 is 38.1. The number of nitrogens with zero attached hydrogens (tertiary/aromatic N) is 1. The van der Waals surface area contributed by atoms with Gasteiger partial charge >= 0.3 is 12.1 Å². The van der Waals surface area contributed by atoms with Crippen LogP contribution in [0.5, 0.6) is 0 Å². The molecule has 2 amide bonds. The highest BCUT2D eigenvalue weighted by molar-refractivity contribution is 8.00. The molecule has 0 bridgehead atoms. The number of carboxylic acid groups (broad SMARTS) is 1. The highest BCUT2D eigenvalue weighted by Crippen LogP contribution is 2.31. The molecule has 0 fully saturated rings. The number of rotatable bonds is 8. The lowest BCUT2D eigenvalue weighted by Gasteiger charge is -2.26. The van der Waals surface area contributed by atoms with Crippen LogP contribution in [0.4, 0.5) is 13.2 Å². The Bertz CT molecular complexity index is 667. The van der Waals surface area contributed by atoms with Crippen LogP contribution in [-0.2, 0) is 20.6 Å². The van der Waals surface area contributed by atoms with Crippen LogP contribution in [-0.4, -0.2) is 52.7 Å². The summed E-state index contributed by atoms with van der Waals surface area (Å²) in [6, 6.07) is 3.41. The number of amides is 2. The van der Waals surface area contributed by atoms with Gasteiger partial charge in [-0.05, 0) is 25.1 Å². The molecule has 1 atom stereocenters. The van der Waals surface area contributed by atoms with Crippen LogP contribution in [0.2, 0.25) is 0 Å². The van der Waals surface area contributed by atoms with E-state index in [1.165, 1.54) is 26.0 Å². The molecular formula is C16H19F3N2O4S. The van der Waals surface area contributed by atoms with Crippen LogP contribution in [0.15, 0.2) is 29.2 Å². The molecule has 1 aromatic carbocycles. The van der Waals surface area contributed by atoms with Gasteiger partial charge in [0.25, 0.3) is 0 Å². The van der Waals surface area contributed by atoms with Gasteiger partial charge in [-0.3, -0.25) is 9.59 Å². The number of hydrogen-bond donors (Lipinski definition) is 2. The Morgan fingerprint density at radius 1 is 1.31 bits per heavy atom. The van der Waals surface area contributed by atoms with Crippen LogP contribution in [0.25, 0.3) is 0 Å². The van der Waals surface area contributed by atoms with E-state index in [-0.39, 0.29) is 29.6 Å². The maximum atomic E-state index is 12.7. The fourth-order valence-electron chi connectivity index (χ4n) is 2.01. The molecule has 0 saturated carbocycles. The van der Waals surface area contributed by atoms with E-state index >= 15 is 0 Å². The second-order valence-corrected chi connectivity index (χ2v) is 6.45. The van der Waals surface area contributed by atoms with E-state index in [9.17, 15) is 27.6 Å². The van der Waals surface area contributed by atoms with Crippen molar-refractivity contribution in [1.82, 2.24) is 10.2 Å². The van der Waals surface area contributed by atoms with Gasteiger partial charge < -0.3 is 15.3 Å². The molecule has 0 aromatic heterocycles. The van der Waals surface area contributed by atoms with Crippen molar-refractivity contribution in [3.63, 3.8) is 0 Å². The van der Waals surface area contributed by atoms with Crippen molar-refractivity contribution >= 4 is 29.5 Å². The number of alkyl halides is 3. The summed E-state index contributed by atoms with van der Waals surface area (Å²) in [6.07, 6.45) is -4.48. The summed E-state index contributed by atoms with van der Waals surface area (Å²) in [5.41, 5.74) is -0.823. The van der Waals surface area contributed by atoms with Crippen molar-refractivity contribution in [3.8, 4) is 0 Å². The summed E-state index contributed by atoms with van der Waals surface area (Å²) in [5, 5.41) is 11.6. The number of thioether (sulfide) groups is 1. The van der Waals surface area contributed by atoms with Gasteiger partial charge in [-0.2, -0.15) is 13.2 Å². The smallest absolute Gasteiger partial charge is 0.416 e. The largest absolute Gasteiger partial charge is 0.480 e. The van der Waals surface area contributed by atoms with Crippen molar-refractivity contribution in [3.05, 3.63) is 29.8 Å².